The van der Waals surface area contributed by atoms with Crippen molar-refractivity contribution in [2.75, 3.05) is 14.1 Å². The molecule has 2 N–H and O–H groups in total. The minimum absolute atomic E-state index is 0.398. The van der Waals surface area contributed by atoms with Gasteiger partial charge in [0.2, 0.25) is 0 Å². The van der Waals surface area contributed by atoms with Crippen LogP contribution in [0.5, 0.6) is 0 Å². The molecule has 0 bridgehead atoms. The quantitative estimate of drug-likeness (QED) is 0.448. The van der Waals surface area contributed by atoms with Crippen LogP contribution in [0.3, 0.4) is 0 Å². The number of rotatable bonds is 2. The SMILES string of the molecule is CCC(C)C1C(N)[N+]1(C)C. The third kappa shape index (κ3) is 0.956. The number of likely N-dealkylation sites (N-methyl/N-ethyl adjacent to an activating group) is 1. The summed E-state index contributed by atoms with van der Waals surface area (Å²) in [5.41, 5.74) is 5.89. The van der Waals surface area contributed by atoms with E-state index >= 15 is 0 Å². The first-order chi connectivity index (χ1) is 4.51. The van der Waals surface area contributed by atoms with Crippen LogP contribution in [0.1, 0.15) is 20.3 Å². The number of quaternary nitrogens is 1. The summed E-state index contributed by atoms with van der Waals surface area (Å²) in [5, 5.41) is 0. The van der Waals surface area contributed by atoms with Crippen molar-refractivity contribution in [2.24, 2.45) is 11.7 Å². The van der Waals surface area contributed by atoms with Gasteiger partial charge in [0.25, 0.3) is 0 Å². The van der Waals surface area contributed by atoms with E-state index in [4.69, 9.17) is 5.73 Å². The third-order valence-corrected chi connectivity index (χ3v) is 3.02. The van der Waals surface area contributed by atoms with Gasteiger partial charge in [-0.15, -0.1) is 0 Å². The molecule has 10 heavy (non-hydrogen) atoms. The van der Waals surface area contributed by atoms with Gasteiger partial charge in [-0.25, -0.2) is 0 Å². The average Bonchev–Trinajstić information content (AvgIpc) is 2.33. The van der Waals surface area contributed by atoms with Crippen LogP contribution >= 0.6 is 0 Å². The Labute approximate surface area is 63.6 Å². The summed E-state index contributed by atoms with van der Waals surface area (Å²) >= 11 is 0. The molecule has 2 heteroatoms. The van der Waals surface area contributed by atoms with Crippen LogP contribution in [0, 0.1) is 5.92 Å². The predicted octanol–water partition coefficient (Wildman–Crippen LogP) is 0.776. The number of nitrogens with zero attached hydrogens (tertiary/aromatic N) is 1. The van der Waals surface area contributed by atoms with E-state index in [-0.39, 0.29) is 0 Å². The molecule has 1 aliphatic heterocycles. The molecule has 0 amide bonds. The molecule has 1 rings (SSSR count). The highest BCUT2D eigenvalue weighted by Gasteiger charge is 2.60. The molecule has 3 unspecified atom stereocenters. The molecular formula is C8H19N2+. The van der Waals surface area contributed by atoms with Crippen molar-refractivity contribution in [1.29, 1.82) is 0 Å². The van der Waals surface area contributed by atoms with E-state index in [0.717, 1.165) is 10.4 Å². The van der Waals surface area contributed by atoms with Gasteiger partial charge >= 0.3 is 0 Å². The van der Waals surface area contributed by atoms with E-state index in [9.17, 15) is 0 Å². The van der Waals surface area contributed by atoms with Gasteiger partial charge < -0.3 is 0 Å². The zero-order valence-corrected chi connectivity index (χ0v) is 7.46. The van der Waals surface area contributed by atoms with Gasteiger partial charge in [0.1, 0.15) is 0 Å². The standard InChI is InChI=1S/C8H19N2/c1-5-6(2)7-8(9)10(7,3)4/h6-8H,5,9H2,1-4H3/q+1. The summed E-state index contributed by atoms with van der Waals surface area (Å²) in [5.74, 6) is 0.782. The van der Waals surface area contributed by atoms with Gasteiger partial charge in [-0.05, 0) is 6.42 Å². The molecular weight excluding hydrogens is 124 g/mol. The molecule has 60 valence electrons. The maximum Gasteiger partial charge on any atom is 0.193 e. The van der Waals surface area contributed by atoms with Crippen LogP contribution in [-0.4, -0.2) is 30.8 Å². The van der Waals surface area contributed by atoms with Crippen molar-refractivity contribution >= 4 is 0 Å². The molecule has 0 aromatic heterocycles. The number of hydrogen-bond donors (Lipinski definition) is 1. The van der Waals surface area contributed by atoms with Gasteiger partial charge in [-0.3, -0.25) is 10.2 Å². The fraction of sp³-hybridized carbons (Fsp3) is 1.00. The van der Waals surface area contributed by atoms with Crippen LogP contribution in [0.4, 0.5) is 0 Å². The van der Waals surface area contributed by atoms with E-state index < -0.39 is 0 Å². The van der Waals surface area contributed by atoms with Crippen molar-refractivity contribution in [2.45, 2.75) is 32.5 Å². The van der Waals surface area contributed by atoms with Crippen LogP contribution < -0.4 is 5.73 Å². The lowest BCUT2D eigenvalue weighted by Gasteiger charge is -2.09. The van der Waals surface area contributed by atoms with E-state index in [0.29, 0.717) is 12.2 Å². The van der Waals surface area contributed by atoms with Crippen molar-refractivity contribution in [1.82, 2.24) is 0 Å². The monoisotopic (exact) mass is 143 g/mol. The number of nitrogens with two attached hydrogens (primary N) is 1. The second kappa shape index (κ2) is 2.21. The van der Waals surface area contributed by atoms with Crippen molar-refractivity contribution in [3.8, 4) is 0 Å². The Morgan fingerprint density at radius 3 is 2.00 bits per heavy atom. The Bertz CT molecular complexity index is 131. The summed E-state index contributed by atoms with van der Waals surface area (Å²) in [4.78, 5) is 0. The van der Waals surface area contributed by atoms with E-state index in [1.165, 1.54) is 6.42 Å². The minimum atomic E-state index is 0.398. The molecule has 0 spiro atoms. The van der Waals surface area contributed by atoms with Gasteiger partial charge in [0.05, 0.1) is 14.1 Å². The highest BCUT2D eigenvalue weighted by molar-refractivity contribution is 4.84. The van der Waals surface area contributed by atoms with E-state index in [1.54, 1.807) is 0 Å². The van der Waals surface area contributed by atoms with E-state index in [2.05, 4.69) is 27.9 Å². The molecule has 1 aliphatic rings. The molecule has 1 fully saturated rings. The van der Waals surface area contributed by atoms with Crippen LogP contribution in [0.15, 0.2) is 0 Å². The second-order valence-corrected chi connectivity index (χ2v) is 4.00. The normalized spacial score (nSPS) is 39.3. The molecule has 3 atom stereocenters. The molecule has 0 aromatic rings. The number of hydrogen-bond acceptors (Lipinski definition) is 1. The zero-order valence-electron chi connectivity index (χ0n) is 7.46. The lowest BCUT2D eigenvalue weighted by Crippen LogP contribution is -2.23. The molecule has 0 saturated carbocycles. The Morgan fingerprint density at radius 2 is 1.90 bits per heavy atom. The Morgan fingerprint density at radius 1 is 1.50 bits per heavy atom. The summed E-state index contributed by atoms with van der Waals surface area (Å²) < 4.78 is 1.02. The van der Waals surface area contributed by atoms with Crippen LogP contribution in [0.25, 0.3) is 0 Å². The van der Waals surface area contributed by atoms with Gasteiger partial charge in [-0.2, -0.15) is 0 Å². The lowest BCUT2D eigenvalue weighted by atomic mass is 10.0. The predicted molar refractivity (Wildman–Crippen MR) is 43.3 cm³/mol. The first-order valence-corrected chi connectivity index (χ1v) is 4.10. The largest absolute Gasteiger partial charge is 0.300 e. The maximum atomic E-state index is 5.89. The van der Waals surface area contributed by atoms with Crippen LogP contribution in [0.2, 0.25) is 0 Å². The smallest absolute Gasteiger partial charge is 0.193 e. The highest BCUT2D eigenvalue weighted by atomic mass is 15.6. The maximum absolute atomic E-state index is 5.89. The minimum Gasteiger partial charge on any atom is -0.300 e. The second-order valence-electron chi connectivity index (χ2n) is 4.00. The molecule has 1 heterocycles. The molecule has 1 saturated heterocycles. The Kier molecular flexibility index (Phi) is 1.77. The van der Waals surface area contributed by atoms with Gasteiger partial charge in [-0.1, -0.05) is 13.8 Å². The van der Waals surface area contributed by atoms with Crippen molar-refractivity contribution in [3.05, 3.63) is 0 Å². The van der Waals surface area contributed by atoms with Crippen molar-refractivity contribution < 1.29 is 4.48 Å². The summed E-state index contributed by atoms with van der Waals surface area (Å²) in [6.07, 6.45) is 1.65. The summed E-state index contributed by atoms with van der Waals surface area (Å²) in [7, 11) is 4.42. The Hall–Kier alpha value is -0.0800. The lowest BCUT2D eigenvalue weighted by molar-refractivity contribution is -0.785. The topological polar surface area (TPSA) is 26.0 Å². The van der Waals surface area contributed by atoms with E-state index in [1.807, 2.05) is 0 Å². The molecule has 0 radical (unpaired) electrons. The first-order valence-electron chi connectivity index (χ1n) is 4.10. The third-order valence-electron chi connectivity index (χ3n) is 3.02. The highest BCUT2D eigenvalue weighted by Crippen LogP contribution is 2.37. The molecule has 0 aromatic carbocycles. The first kappa shape index (κ1) is 8.02. The zero-order chi connectivity index (χ0) is 7.94. The van der Waals surface area contributed by atoms with Gasteiger partial charge in [0.15, 0.2) is 12.2 Å². The Balaban J connectivity index is 2.48. The average molecular weight is 143 g/mol. The summed E-state index contributed by atoms with van der Waals surface area (Å²) in [6, 6.07) is 0.713. The van der Waals surface area contributed by atoms with Crippen LogP contribution in [-0.2, 0) is 0 Å². The fourth-order valence-electron chi connectivity index (χ4n) is 1.86. The van der Waals surface area contributed by atoms with Crippen molar-refractivity contribution in [3.63, 3.8) is 0 Å². The fourth-order valence-corrected chi connectivity index (χ4v) is 1.86. The molecule has 0 aliphatic carbocycles. The molecule has 2 nitrogen and oxygen atoms in total. The summed E-state index contributed by atoms with van der Waals surface area (Å²) in [6.45, 7) is 4.52. The van der Waals surface area contributed by atoms with Gasteiger partial charge in [0, 0.05) is 5.92 Å².